The highest BCUT2D eigenvalue weighted by Crippen LogP contribution is 2.36. The van der Waals surface area contributed by atoms with E-state index in [-0.39, 0.29) is 12.2 Å². The zero-order chi connectivity index (χ0) is 25.2. The highest BCUT2D eigenvalue weighted by molar-refractivity contribution is 7.07. The molecule has 5 rings (SSSR count). The van der Waals surface area contributed by atoms with Crippen LogP contribution in [0.15, 0.2) is 86.5 Å². The van der Waals surface area contributed by atoms with Gasteiger partial charge in [-0.1, -0.05) is 53.8 Å². The largest absolute Gasteiger partial charge is 0.497 e. The average Bonchev–Trinajstić information content (AvgIpc) is 3.45. The summed E-state index contributed by atoms with van der Waals surface area (Å²) in [7, 11) is 1.58. The maximum atomic E-state index is 13.8. The van der Waals surface area contributed by atoms with Crippen LogP contribution in [0.25, 0.3) is 11.8 Å². The quantitative estimate of drug-likeness (QED) is 0.376. The fourth-order valence-electron chi connectivity index (χ4n) is 4.23. The van der Waals surface area contributed by atoms with Crippen molar-refractivity contribution in [1.82, 2.24) is 4.57 Å². The molecule has 36 heavy (non-hydrogen) atoms. The van der Waals surface area contributed by atoms with Crippen molar-refractivity contribution in [2.24, 2.45) is 4.99 Å². The fourth-order valence-corrected chi connectivity index (χ4v) is 5.21. The minimum absolute atomic E-state index is 0.192. The Morgan fingerprint density at radius 1 is 1.14 bits per heavy atom. The summed E-state index contributed by atoms with van der Waals surface area (Å²) in [5.41, 5.74) is 1.97. The lowest BCUT2D eigenvalue weighted by Gasteiger charge is -2.26. The van der Waals surface area contributed by atoms with E-state index in [4.69, 9.17) is 18.9 Å². The Bertz CT molecular complexity index is 1640. The molecule has 1 aliphatic heterocycles. The summed E-state index contributed by atoms with van der Waals surface area (Å²) in [5, 5.41) is 0. The van der Waals surface area contributed by atoms with Gasteiger partial charge in [-0.2, -0.15) is 0 Å². The van der Waals surface area contributed by atoms with Crippen LogP contribution in [-0.4, -0.2) is 24.3 Å². The second-order valence-corrected chi connectivity index (χ2v) is 9.17. The molecule has 0 spiro atoms. The van der Waals surface area contributed by atoms with Gasteiger partial charge in [0.1, 0.15) is 17.3 Å². The Labute approximate surface area is 211 Å². The maximum absolute atomic E-state index is 13.8. The van der Waals surface area contributed by atoms with E-state index in [2.05, 4.69) is 0 Å². The van der Waals surface area contributed by atoms with Crippen molar-refractivity contribution in [2.75, 3.05) is 13.7 Å². The predicted octanol–water partition coefficient (Wildman–Crippen LogP) is 3.85. The number of benzene rings is 2. The summed E-state index contributed by atoms with van der Waals surface area (Å²) in [4.78, 5) is 32.5. The van der Waals surface area contributed by atoms with Gasteiger partial charge in [0.25, 0.3) is 5.56 Å². The Hall–Kier alpha value is -4.17. The Balaban J connectivity index is 1.84. The normalized spacial score (nSPS) is 15.4. The number of carbonyl (C=O) groups excluding carboxylic acids is 1. The summed E-state index contributed by atoms with van der Waals surface area (Å²) in [5.74, 6) is 1.41. The monoisotopic (exact) mass is 500 g/mol. The zero-order valence-electron chi connectivity index (χ0n) is 20.1. The van der Waals surface area contributed by atoms with Gasteiger partial charge >= 0.3 is 5.97 Å². The number of ether oxygens (including phenoxy) is 2. The number of fused-ring (bicyclic) bond motifs is 1. The van der Waals surface area contributed by atoms with Crippen molar-refractivity contribution >= 4 is 29.1 Å². The number of aryl methyl sites for hydroxylation is 1. The second-order valence-electron chi connectivity index (χ2n) is 8.16. The number of carbonyl (C=O) groups is 1. The smallest absolute Gasteiger partial charge is 0.338 e. The van der Waals surface area contributed by atoms with E-state index in [0.717, 1.165) is 11.3 Å². The lowest BCUT2D eigenvalue weighted by Crippen LogP contribution is -2.40. The molecule has 4 aromatic rings. The fraction of sp³-hybridized carbons (Fsp3) is 0.179. The molecule has 0 saturated heterocycles. The standard InChI is InChI=1S/C28H24N2O5S/c1-4-34-27(32)23-24(18-9-6-5-7-10-18)29-28-30(25(23)19-11-8-12-20(15-19)33-3)26(31)22(36-28)16-21-14-13-17(2)35-21/h5-16,25H,4H2,1-3H3/b22-16+. The average molecular weight is 501 g/mol. The van der Waals surface area contributed by atoms with Gasteiger partial charge in [-0.15, -0.1) is 0 Å². The van der Waals surface area contributed by atoms with Crippen molar-refractivity contribution in [1.29, 1.82) is 0 Å². The number of esters is 1. The highest BCUT2D eigenvalue weighted by Gasteiger charge is 2.35. The van der Waals surface area contributed by atoms with Crippen LogP contribution in [-0.2, 0) is 9.53 Å². The first-order chi connectivity index (χ1) is 17.5. The van der Waals surface area contributed by atoms with E-state index in [1.54, 1.807) is 24.7 Å². The molecule has 7 nitrogen and oxygen atoms in total. The molecular formula is C28H24N2O5S. The van der Waals surface area contributed by atoms with Crippen LogP contribution in [0.4, 0.5) is 0 Å². The van der Waals surface area contributed by atoms with Crippen molar-refractivity contribution < 1.29 is 18.7 Å². The van der Waals surface area contributed by atoms with Crippen LogP contribution in [0.2, 0.25) is 0 Å². The van der Waals surface area contributed by atoms with E-state index in [0.29, 0.717) is 37.7 Å². The predicted molar refractivity (Wildman–Crippen MR) is 137 cm³/mol. The Morgan fingerprint density at radius 3 is 2.64 bits per heavy atom. The molecule has 1 aliphatic rings. The molecule has 182 valence electrons. The van der Waals surface area contributed by atoms with E-state index >= 15 is 0 Å². The molecule has 8 heteroatoms. The number of furan rings is 1. The molecule has 0 saturated carbocycles. The first kappa shape index (κ1) is 23.6. The summed E-state index contributed by atoms with van der Waals surface area (Å²) >= 11 is 1.25. The highest BCUT2D eigenvalue weighted by atomic mass is 32.1. The number of nitrogens with zero attached hydrogens (tertiary/aromatic N) is 2. The Morgan fingerprint density at radius 2 is 1.94 bits per heavy atom. The van der Waals surface area contributed by atoms with Gasteiger partial charge in [0.15, 0.2) is 4.80 Å². The molecule has 0 fully saturated rings. The van der Waals surface area contributed by atoms with Gasteiger partial charge in [-0.3, -0.25) is 9.36 Å². The summed E-state index contributed by atoms with van der Waals surface area (Å²) < 4.78 is 18.6. The molecular weight excluding hydrogens is 476 g/mol. The third kappa shape index (κ3) is 4.31. The lowest BCUT2D eigenvalue weighted by atomic mass is 9.93. The third-order valence-electron chi connectivity index (χ3n) is 5.82. The topological polar surface area (TPSA) is 83.0 Å². The van der Waals surface area contributed by atoms with Crippen LogP contribution in [0.5, 0.6) is 5.75 Å². The first-order valence-corrected chi connectivity index (χ1v) is 12.3. The zero-order valence-corrected chi connectivity index (χ0v) is 20.9. The van der Waals surface area contributed by atoms with Crippen molar-refractivity contribution in [3.63, 3.8) is 0 Å². The molecule has 0 amide bonds. The summed E-state index contributed by atoms with van der Waals surface area (Å²) in [6.07, 6.45) is 1.70. The van der Waals surface area contributed by atoms with Crippen LogP contribution in [0, 0.1) is 6.92 Å². The minimum Gasteiger partial charge on any atom is -0.497 e. The number of methoxy groups -OCH3 is 1. The lowest BCUT2D eigenvalue weighted by molar-refractivity contribution is -0.138. The summed E-state index contributed by atoms with van der Waals surface area (Å²) in [6.45, 7) is 3.79. The molecule has 0 aliphatic carbocycles. The van der Waals surface area contributed by atoms with Crippen molar-refractivity contribution in [3.05, 3.63) is 115 Å². The number of hydrogen-bond donors (Lipinski definition) is 0. The van der Waals surface area contributed by atoms with Crippen LogP contribution < -0.4 is 19.6 Å². The molecule has 0 radical (unpaired) electrons. The molecule has 0 N–H and O–H groups in total. The molecule has 1 atom stereocenters. The van der Waals surface area contributed by atoms with Crippen LogP contribution >= 0.6 is 11.3 Å². The van der Waals surface area contributed by atoms with Gasteiger partial charge < -0.3 is 13.9 Å². The molecule has 2 aromatic carbocycles. The number of hydrogen-bond acceptors (Lipinski definition) is 7. The van der Waals surface area contributed by atoms with Crippen LogP contribution in [0.1, 0.15) is 35.6 Å². The minimum atomic E-state index is -0.758. The van der Waals surface area contributed by atoms with Crippen molar-refractivity contribution in [3.8, 4) is 5.75 Å². The molecule has 2 aromatic heterocycles. The molecule has 3 heterocycles. The third-order valence-corrected chi connectivity index (χ3v) is 6.80. The van der Waals surface area contributed by atoms with Gasteiger partial charge in [0, 0.05) is 11.6 Å². The van der Waals surface area contributed by atoms with Gasteiger partial charge in [-0.05, 0) is 43.7 Å². The SMILES string of the molecule is CCOC(=O)C1=C(c2ccccc2)N=c2s/c(=C/c3ccc(C)o3)c(=O)n2C1c1cccc(OC)c1. The van der Waals surface area contributed by atoms with Gasteiger partial charge in [0.05, 0.1) is 35.6 Å². The molecule has 0 bridgehead atoms. The van der Waals surface area contributed by atoms with Crippen LogP contribution in [0.3, 0.4) is 0 Å². The van der Waals surface area contributed by atoms with E-state index in [9.17, 15) is 9.59 Å². The second kappa shape index (κ2) is 9.83. The maximum Gasteiger partial charge on any atom is 0.338 e. The van der Waals surface area contributed by atoms with E-state index < -0.39 is 12.0 Å². The van der Waals surface area contributed by atoms with E-state index in [1.807, 2.05) is 73.7 Å². The summed E-state index contributed by atoms with van der Waals surface area (Å²) in [6, 6.07) is 19.7. The first-order valence-electron chi connectivity index (χ1n) is 11.5. The van der Waals surface area contributed by atoms with E-state index in [1.165, 1.54) is 11.3 Å². The van der Waals surface area contributed by atoms with Gasteiger partial charge in [-0.25, -0.2) is 9.79 Å². The molecule has 1 unspecified atom stereocenters. The number of aromatic nitrogens is 1. The Kier molecular flexibility index (Phi) is 6.43. The van der Waals surface area contributed by atoms with Crippen molar-refractivity contribution in [2.45, 2.75) is 19.9 Å². The number of thiazole rings is 1. The number of rotatable bonds is 6. The van der Waals surface area contributed by atoms with Gasteiger partial charge in [0.2, 0.25) is 0 Å².